The molecule has 1 aliphatic heterocycles. The van der Waals surface area contributed by atoms with Crippen LogP contribution in [-0.4, -0.2) is 39.2 Å². The normalized spacial score (nSPS) is 15.1. The first kappa shape index (κ1) is 20.1. The molecule has 0 saturated carbocycles. The maximum Gasteiger partial charge on any atom is 0.418 e. The third-order valence-electron chi connectivity index (χ3n) is 4.53. The fourth-order valence-electron chi connectivity index (χ4n) is 3.15. The van der Waals surface area contributed by atoms with Crippen molar-refractivity contribution in [3.05, 3.63) is 29.6 Å². The van der Waals surface area contributed by atoms with Gasteiger partial charge in [-0.05, 0) is 56.5 Å². The molecular weight excluding hydrogens is 373 g/mol. The Bertz CT molecular complexity index is 827. The topological polar surface area (TPSA) is 75.9 Å². The minimum Gasteiger partial charge on any atom is -0.371 e. The van der Waals surface area contributed by atoms with Crippen LogP contribution in [0.25, 0.3) is 0 Å². The van der Waals surface area contributed by atoms with Gasteiger partial charge in [0.05, 0.1) is 18.0 Å². The highest BCUT2D eigenvalue weighted by Crippen LogP contribution is 2.39. The zero-order valence-corrected chi connectivity index (χ0v) is 15.8. The van der Waals surface area contributed by atoms with Gasteiger partial charge in [0.2, 0.25) is 5.91 Å². The molecular formula is C18H23F3N6O. The first-order chi connectivity index (χ1) is 13.2. The van der Waals surface area contributed by atoms with E-state index in [1.807, 2.05) is 13.8 Å². The highest BCUT2D eigenvalue weighted by molar-refractivity contribution is 5.92. The number of tetrazole rings is 1. The first-order valence-electron chi connectivity index (χ1n) is 9.28. The average molecular weight is 396 g/mol. The van der Waals surface area contributed by atoms with Crippen molar-refractivity contribution in [1.29, 1.82) is 0 Å². The van der Waals surface area contributed by atoms with E-state index in [1.165, 1.54) is 16.9 Å². The maximum atomic E-state index is 13.6. The maximum absolute atomic E-state index is 13.6. The number of piperidine rings is 1. The van der Waals surface area contributed by atoms with Crippen LogP contribution >= 0.6 is 0 Å². The standard InChI is InChI=1S/C18H23F3N6O/c1-12(2)27-24-16(23-25-27)11-17(28)22-13-6-7-15(14(10-13)18(19,20)21)26-8-4-3-5-9-26/h6-7,10,12H,3-5,8-9,11H2,1-2H3,(H,22,28). The Morgan fingerprint density at radius 2 is 1.93 bits per heavy atom. The molecule has 1 fully saturated rings. The third-order valence-corrected chi connectivity index (χ3v) is 4.53. The number of nitrogens with zero attached hydrogens (tertiary/aromatic N) is 5. The summed E-state index contributed by atoms with van der Waals surface area (Å²) in [5, 5.41) is 14.2. The lowest BCUT2D eigenvalue weighted by Crippen LogP contribution is -2.31. The van der Waals surface area contributed by atoms with Crippen LogP contribution in [0.1, 0.15) is 50.5 Å². The molecule has 1 aromatic carbocycles. The zero-order valence-electron chi connectivity index (χ0n) is 15.8. The highest BCUT2D eigenvalue weighted by atomic mass is 19.4. The molecule has 0 bridgehead atoms. The Kier molecular flexibility index (Phi) is 5.85. The Labute approximate surface area is 160 Å². The summed E-state index contributed by atoms with van der Waals surface area (Å²) in [7, 11) is 0. The minimum absolute atomic E-state index is 0.000914. The van der Waals surface area contributed by atoms with Gasteiger partial charge in [0.25, 0.3) is 0 Å². The molecule has 0 radical (unpaired) electrons. The van der Waals surface area contributed by atoms with Crippen molar-refractivity contribution in [2.24, 2.45) is 0 Å². The number of anilines is 2. The van der Waals surface area contributed by atoms with Gasteiger partial charge in [0.1, 0.15) is 0 Å². The van der Waals surface area contributed by atoms with E-state index in [-0.39, 0.29) is 29.7 Å². The quantitative estimate of drug-likeness (QED) is 0.838. The largest absolute Gasteiger partial charge is 0.418 e. The predicted molar refractivity (Wildman–Crippen MR) is 98.0 cm³/mol. The molecule has 3 rings (SSSR count). The summed E-state index contributed by atoms with van der Waals surface area (Å²) in [4.78, 5) is 15.3. The van der Waals surface area contributed by atoms with Crippen LogP contribution in [0.2, 0.25) is 0 Å². The van der Waals surface area contributed by atoms with E-state index in [0.29, 0.717) is 13.1 Å². The van der Waals surface area contributed by atoms with Gasteiger partial charge in [-0.25, -0.2) is 0 Å². The van der Waals surface area contributed by atoms with E-state index < -0.39 is 17.6 Å². The van der Waals surface area contributed by atoms with Crippen LogP contribution in [0.5, 0.6) is 0 Å². The first-order valence-corrected chi connectivity index (χ1v) is 9.28. The predicted octanol–water partition coefficient (Wildman–Crippen LogP) is 3.44. The smallest absolute Gasteiger partial charge is 0.371 e. The number of benzene rings is 1. The third kappa shape index (κ3) is 4.79. The van der Waals surface area contributed by atoms with Gasteiger partial charge in [-0.1, -0.05) is 0 Å². The lowest BCUT2D eigenvalue weighted by atomic mass is 10.1. The lowest BCUT2D eigenvalue weighted by Gasteiger charge is -2.31. The van der Waals surface area contributed by atoms with E-state index in [0.717, 1.165) is 25.3 Å². The molecule has 2 heterocycles. The highest BCUT2D eigenvalue weighted by Gasteiger charge is 2.35. The summed E-state index contributed by atoms with van der Waals surface area (Å²) in [6, 6.07) is 3.91. The van der Waals surface area contributed by atoms with E-state index in [1.54, 1.807) is 4.90 Å². The minimum atomic E-state index is -4.50. The summed E-state index contributed by atoms with van der Waals surface area (Å²) in [6.07, 6.45) is -1.89. The molecule has 0 aliphatic carbocycles. The molecule has 0 spiro atoms. The number of hydrogen-bond donors (Lipinski definition) is 1. The molecule has 28 heavy (non-hydrogen) atoms. The molecule has 2 aromatic rings. The number of rotatable bonds is 5. The number of carbonyl (C=O) groups is 1. The summed E-state index contributed by atoms with van der Waals surface area (Å²) in [5.74, 6) is -0.283. The summed E-state index contributed by atoms with van der Waals surface area (Å²) in [6.45, 7) is 4.94. The van der Waals surface area contributed by atoms with Crippen LogP contribution in [0, 0.1) is 0 Å². The van der Waals surface area contributed by atoms with Crippen LogP contribution in [0.3, 0.4) is 0 Å². The van der Waals surface area contributed by atoms with Crippen molar-refractivity contribution < 1.29 is 18.0 Å². The van der Waals surface area contributed by atoms with E-state index >= 15 is 0 Å². The number of carbonyl (C=O) groups excluding carboxylic acids is 1. The Morgan fingerprint density at radius 1 is 1.21 bits per heavy atom. The van der Waals surface area contributed by atoms with Crippen molar-refractivity contribution in [1.82, 2.24) is 20.2 Å². The summed E-state index contributed by atoms with van der Waals surface area (Å²) >= 11 is 0. The summed E-state index contributed by atoms with van der Waals surface area (Å²) < 4.78 is 40.7. The second-order valence-corrected chi connectivity index (χ2v) is 7.12. The van der Waals surface area contributed by atoms with Crippen molar-refractivity contribution in [2.45, 2.75) is 51.7 Å². The van der Waals surface area contributed by atoms with E-state index in [2.05, 4.69) is 20.7 Å². The van der Waals surface area contributed by atoms with Crippen molar-refractivity contribution in [3.8, 4) is 0 Å². The second-order valence-electron chi connectivity index (χ2n) is 7.12. The van der Waals surface area contributed by atoms with Crippen LogP contribution in [0.4, 0.5) is 24.5 Å². The Morgan fingerprint density at radius 3 is 2.54 bits per heavy atom. The van der Waals surface area contributed by atoms with Gasteiger partial charge in [0.15, 0.2) is 5.82 Å². The number of aromatic nitrogens is 4. The Balaban J connectivity index is 1.75. The molecule has 0 unspecified atom stereocenters. The molecule has 152 valence electrons. The molecule has 10 heteroatoms. The molecule has 7 nitrogen and oxygen atoms in total. The van der Waals surface area contributed by atoms with Gasteiger partial charge in [-0.3, -0.25) is 4.79 Å². The SMILES string of the molecule is CC(C)n1nnc(CC(=O)Nc2ccc(N3CCCCC3)c(C(F)(F)F)c2)n1. The monoisotopic (exact) mass is 396 g/mol. The average Bonchev–Trinajstić information content (AvgIpc) is 3.10. The lowest BCUT2D eigenvalue weighted by molar-refractivity contribution is -0.137. The molecule has 1 saturated heterocycles. The number of hydrogen-bond acceptors (Lipinski definition) is 5. The van der Waals surface area contributed by atoms with Crippen molar-refractivity contribution in [3.63, 3.8) is 0 Å². The molecule has 1 N–H and O–H groups in total. The van der Waals surface area contributed by atoms with Crippen LogP contribution in [-0.2, 0) is 17.4 Å². The number of alkyl halides is 3. The van der Waals surface area contributed by atoms with Gasteiger partial charge >= 0.3 is 6.18 Å². The van der Waals surface area contributed by atoms with Crippen LogP contribution < -0.4 is 10.2 Å². The van der Waals surface area contributed by atoms with Gasteiger partial charge in [0, 0.05) is 24.5 Å². The summed E-state index contributed by atoms with van der Waals surface area (Å²) in [5.41, 5.74) is -0.489. The van der Waals surface area contributed by atoms with E-state index in [9.17, 15) is 18.0 Å². The Hall–Kier alpha value is -2.65. The van der Waals surface area contributed by atoms with Gasteiger partial charge in [-0.2, -0.15) is 18.0 Å². The molecule has 0 atom stereocenters. The number of nitrogens with one attached hydrogen (secondary N) is 1. The van der Waals surface area contributed by atoms with Gasteiger partial charge < -0.3 is 10.2 Å². The fourth-order valence-corrected chi connectivity index (χ4v) is 3.15. The van der Waals surface area contributed by atoms with Crippen LogP contribution in [0.15, 0.2) is 18.2 Å². The van der Waals surface area contributed by atoms with E-state index in [4.69, 9.17) is 0 Å². The zero-order chi connectivity index (χ0) is 20.3. The number of amides is 1. The molecule has 1 amide bonds. The fraction of sp³-hybridized carbons (Fsp3) is 0.556. The molecule has 1 aromatic heterocycles. The molecule has 1 aliphatic rings. The number of halogens is 3. The second kappa shape index (κ2) is 8.15. The van der Waals surface area contributed by atoms with Crippen molar-refractivity contribution >= 4 is 17.3 Å². The van der Waals surface area contributed by atoms with Crippen molar-refractivity contribution in [2.75, 3.05) is 23.3 Å². The van der Waals surface area contributed by atoms with Gasteiger partial charge in [-0.15, -0.1) is 10.2 Å².